The van der Waals surface area contributed by atoms with Crippen LogP contribution in [0.5, 0.6) is 0 Å². The summed E-state index contributed by atoms with van der Waals surface area (Å²) in [6, 6.07) is 16.5. The fraction of sp³-hybridized carbons (Fsp3) is 0.222. The number of aromatic amines is 1. The highest BCUT2D eigenvalue weighted by atomic mass is 32.2. The number of carbonyl (C=O) groups excluding carboxylic acids is 1. The number of hydrogen-bond donors (Lipinski definition) is 6. The molecule has 39 heavy (non-hydrogen) atoms. The lowest BCUT2D eigenvalue weighted by atomic mass is 10.0. The van der Waals surface area contributed by atoms with Gasteiger partial charge in [0.2, 0.25) is 0 Å². The van der Waals surface area contributed by atoms with Gasteiger partial charge in [0.05, 0.1) is 22.5 Å². The predicted molar refractivity (Wildman–Crippen MR) is 154 cm³/mol. The number of carbonyl (C=O) groups is 1. The molecular formula is C27H30N8O3S. The summed E-state index contributed by atoms with van der Waals surface area (Å²) in [5, 5.41) is 19.4. The highest BCUT2D eigenvalue weighted by Crippen LogP contribution is 2.34. The van der Waals surface area contributed by atoms with Crippen molar-refractivity contribution < 1.29 is 13.2 Å². The lowest BCUT2D eigenvalue weighted by Crippen LogP contribution is -2.19. The minimum Gasteiger partial charge on any atom is -0.396 e. The zero-order chi connectivity index (χ0) is 27.4. The molecule has 0 radical (unpaired) electrons. The number of aromatic nitrogens is 3. The summed E-state index contributed by atoms with van der Waals surface area (Å²) in [6.45, 7) is 0. The van der Waals surface area contributed by atoms with E-state index in [0.29, 0.717) is 40.3 Å². The summed E-state index contributed by atoms with van der Waals surface area (Å²) in [4.78, 5) is 16.9. The van der Waals surface area contributed by atoms with E-state index in [0.717, 1.165) is 17.6 Å². The Morgan fingerprint density at radius 2 is 1.64 bits per heavy atom. The van der Waals surface area contributed by atoms with Gasteiger partial charge in [-0.05, 0) is 55.3 Å². The molecule has 0 bridgehead atoms. The summed E-state index contributed by atoms with van der Waals surface area (Å²) in [5.41, 5.74) is 10.2. The molecule has 2 amide bonds. The standard InChI is InChI=1S/C27H30N8O3S/c1-39(37,38)21-8-4-7-20(13-21)32-27(36)31-19-11-9-18(10-12-19)30-25-15-24(22(28)16-29-25)33-26-14-23(34-35-26)17-5-2-3-6-17/h4,7-17H,2-3,5-6,28H2,1H3,(H2,31,32,36)(H3,29,30,33,34,35). The smallest absolute Gasteiger partial charge is 0.323 e. The van der Waals surface area contributed by atoms with Crippen molar-refractivity contribution in [3.8, 4) is 0 Å². The van der Waals surface area contributed by atoms with E-state index < -0.39 is 15.9 Å². The van der Waals surface area contributed by atoms with E-state index in [2.05, 4.69) is 36.4 Å². The molecule has 1 aliphatic carbocycles. The van der Waals surface area contributed by atoms with Crippen LogP contribution in [0.4, 0.5) is 44.9 Å². The van der Waals surface area contributed by atoms with Gasteiger partial charge in [0.1, 0.15) is 5.82 Å². The van der Waals surface area contributed by atoms with Crippen LogP contribution in [0.15, 0.2) is 71.8 Å². The molecule has 11 nitrogen and oxygen atoms in total. The molecule has 0 spiro atoms. The van der Waals surface area contributed by atoms with Crippen molar-refractivity contribution >= 4 is 55.9 Å². The number of rotatable bonds is 8. The number of pyridine rings is 1. The number of nitrogens with zero attached hydrogens (tertiary/aromatic N) is 2. The SMILES string of the molecule is CS(=O)(=O)c1cccc(NC(=O)Nc2ccc(Nc3cc(Nc4cc(C5CCCC5)[nH]n4)c(N)cn3)cc2)c1. The van der Waals surface area contributed by atoms with Crippen molar-refractivity contribution in [2.45, 2.75) is 36.5 Å². The Balaban J connectivity index is 1.19. The van der Waals surface area contributed by atoms with Gasteiger partial charge in [-0.3, -0.25) is 5.10 Å². The number of benzene rings is 2. The molecule has 12 heteroatoms. The second kappa shape index (κ2) is 11.0. The third-order valence-corrected chi connectivity index (χ3v) is 7.64. The van der Waals surface area contributed by atoms with E-state index in [-0.39, 0.29) is 4.90 Å². The van der Waals surface area contributed by atoms with Crippen molar-refractivity contribution in [2.24, 2.45) is 0 Å². The van der Waals surface area contributed by atoms with Crippen LogP contribution in [0.2, 0.25) is 0 Å². The maximum absolute atomic E-state index is 12.4. The number of hydrogen-bond acceptors (Lipinski definition) is 8. The van der Waals surface area contributed by atoms with E-state index in [9.17, 15) is 13.2 Å². The van der Waals surface area contributed by atoms with Gasteiger partial charge in [0.25, 0.3) is 0 Å². The molecule has 0 atom stereocenters. The first-order valence-electron chi connectivity index (χ1n) is 12.6. The fourth-order valence-electron chi connectivity index (χ4n) is 4.51. The summed E-state index contributed by atoms with van der Waals surface area (Å²) in [6.07, 6.45) is 7.57. The Labute approximate surface area is 226 Å². The second-order valence-corrected chi connectivity index (χ2v) is 11.6. The second-order valence-electron chi connectivity index (χ2n) is 9.55. The van der Waals surface area contributed by atoms with E-state index in [1.807, 2.05) is 12.1 Å². The van der Waals surface area contributed by atoms with Crippen LogP contribution in [-0.4, -0.2) is 35.9 Å². The minimum absolute atomic E-state index is 0.128. The number of nitrogen functional groups attached to an aromatic ring is 1. The molecule has 1 aliphatic rings. The van der Waals surface area contributed by atoms with Gasteiger partial charge in [-0.25, -0.2) is 18.2 Å². The van der Waals surface area contributed by atoms with Crippen LogP contribution in [0.1, 0.15) is 37.3 Å². The number of urea groups is 1. The number of H-pyrrole nitrogens is 1. The summed E-state index contributed by atoms with van der Waals surface area (Å²) in [7, 11) is -3.37. The summed E-state index contributed by atoms with van der Waals surface area (Å²) < 4.78 is 23.5. The minimum atomic E-state index is -3.37. The number of sulfone groups is 1. The molecule has 7 N–H and O–H groups in total. The molecule has 1 fully saturated rings. The monoisotopic (exact) mass is 546 g/mol. The molecule has 2 aromatic heterocycles. The normalized spacial score (nSPS) is 13.7. The highest BCUT2D eigenvalue weighted by molar-refractivity contribution is 7.90. The topological polar surface area (TPSA) is 167 Å². The van der Waals surface area contributed by atoms with Crippen LogP contribution in [0, 0.1) is 0 Å². The Morgan fingerprint density at radius 3 is 2.38 bits per heavy atom. The average Bonchev–Trinajstić information content (AvgIpc) is 3.59. The van der Waals surface area contributed by atoms with Gasteiger partial charge in [0.15, 0.2) is 15.7 Å². The van der Waals surface area contributed by atoms with Crippen molar-refractivity contribution in [3.63, 3.8) is 0 Å². The number of nitrogens with two attached hydrogens (primary N) is 1. The summed E-state index contributed by atoms with van der Waals surface area (Å²) in [5.74, 6) is 1.83. The van der Waals surface area contributed by atoms with E-state index >= 15 is 0 Å². The van der Waals surface area contributed by atoms with Gasteiger partial charge in [0, 0.05) is 47.1 Å². The lowest BCUT2D eigenvalue weighted by Gasteiger charge is -2.12. The predicted octanol–water partition coefficient (Wildman–Crippen LogP) is 5.58. The first kappa shape index (κ1) is 26.0. The fourth-order valence-corrected chi connectivity index (χ4v) is 5.18. The quantitative estimate of drug-likeness (QED) is 0.167. The zero-order valence-corrected chi connectivity index (χ0v) is 22.2. The first-order valence-corrected chi connectivity index (χ1v) is 14.5. The Hall–Kier alpha value is -4.58. The van der Waals surface area contributed by atoms with Gasteiger partial charge in [-0.2, -0.15) is 5.10 Å². The molecule has 0 unspecified atom stereocenters. The number of nitrogens with one attached hydrogen (secondary N) is 5. The molecule has 2 aromatic carbocycles. The van der Waals surface area contributed by atoms with E-state index in [1.165, 1.54) is 37.8 Å². The lowest BCUT2D eigenvalue weighted by molar-refractivity contribution is 0.262. The molecule has 4 aromatic rings. The maximum Gasteiger partial charge on any atom is 0.323 e. The van der Waals surface area contributed by atoms with Crippen LogP contribution < -0.4 is 27.0 Å². The van der Waals surface area contributed by atoms with Gasteiger partial charge in [-0.15, -0.1) is 0 Å². The van der Waals surface area contributed by atoms with Crippen molar-refractivity contribution in [1.82, 2.24) is 15.2 Å². The number of amides is 2. The summed E-state index contributed by atoms with van der Waals surface area (Å²) >= 11 is 0. The van der Waals surface area contributed by atoms with Crippen molar-refractivity contribution in [3.05, 3.63) is 72.6 Å². The zero-order valence-electron chi connectivity index (χ0n) is 21.4. The Morgan fingerprint density at radius 1 is 0.923 bits per heavy atom. The van der Waals surface area contributed by atoms with Gasteiger partial charge >= 0.3 is 6.03 Å². The highest BCUT2D eigenvalue weighted by Gasteiger charge is 2.19. The molecule has 1 saturated carbocycles. The third kappa shape index (κ3) is 6.65. The molecule has 202 valence electrons. The maximum atomic E-state index is 12.4. The third-order valence-electron chi connectivity index (χ3n) is 6.53. The molecular weight excluding hydrogens is 516 g/mol. The molecule has 5 rings (SSSR count). The van der Waals surface area contributed by atoms with E-state index in [1.54, 1.807) is 42.6 Å². The van der Waals surface area contributed by atoms with E-state index in [4.69, 9.17) is 5.73 Å². The van der Waals surface area contributed by atoms with Crippen LogP contribution in [-0.2, 0) is 9.84 Å². The average molecular weight is 547 g/mol. The first-order chi connectivity index (χ1) is 18.7. The largest absolute Gasteiger partial charge is 0.396 e. The number of anilines is 7. The van der Waals surface area contributed by atoms with Crippen LogP contribution in [0.3, 0.4) is 0 Å². The van der Waals surface area contributed by atoms with Crippen molar-refractivity contribution in [2.75, 3.05) is 33.3 Å². The van der Waals surface area contributed by atoms with Gasteiger partial charge < -0.3 is 27.0 Å². The Kier molecular flexibility index (Phi) is 7.37. The van der Waals surface area contributed by atoms with Crippen molar-refractivity contribution in [1.29, 1.82) is 0 Å². The molecule has 0 saturated heterocycles. The van der Waals surface area contributed by atoms with Crippen LogP contribution >= 0.6 is 0 Å². The molecule has 0 aliphatic heterocycles. The Bertz CT molecular complexity index is 1580. The molecule has 2 heterocycles. The van der Waals surface area contributed by atoms with Crippen LogP contribution in [0.25, 0.3) is 0 Å². The van der Waals surface area contributed by atoms with Gasteiger partial charge in [-0.1, -0.05) is 18.9 Å².